The van der Waals surface area contributed by atoms with Crippen LogP contribution in [0.3, 0.4) is 0 Å². The molecule has 0 fully saturated rings. The molecule has 20 heavy (non-hydrogen) atoms. The third kappa shape index (κ3) is 5.03. The van der Waals surface area contributed by atoms with Crippen LogP contribution in [-0.2, 0) is 23.9 Å². The van der Waals surface area contributed by atoms with E-state index in [2.05, 4.69) is 0 Å². The van der Waals surface area contributed by atoms with Gasteiger partial charge in [0.05, 0.1) is 13.7 Å². The molecule has 0 bridgehead atoms. The molecule has 0 aromatic heterocycles. The van der Waals surface area contributed by atoms with Gasteiger partial charge < -0.3 is 14.6 Å². The predicted octanol–water partition coefficient (Wildman–Crippen LogP) is 1.79. The Labute approximate surface area is 118 Å². The first-order chi connectivity index (χ1) is 9.26. The van der Waals surface area contributed by atoms with E-state index in [1.165, 1.54) is 14.0 Å². The van der Waals surface area contributed by atoms with Crippen LogP contribution in [0.5, 0.6) is 0 Å². The maximum absolute atomic E-state index is 11.8. The molecule has 114 valence electrons. The summed E-state index contributed by atoms with van der Waals surface area (Å²) in [7, 11) is 1.26. The van der Waals surface area contributed by atoms with E-state index >= 15 is 0 Å². The van der Waals surface area contributed by atoms with Crippen molar-refractivity contribution in [3.05, 3.63) is 11.3 Å². The number of ketones is 1. The molecule has 0 saturated heterocycles. The Hall–Kier alpha value is -1.85. The quantitative estimate of drug-likeness (QED) is 0.316. The van der Waals surface area contributed by atoms with Crippen LogP contribution in [0.4, 0.5) is 0 Å². The third-order valence-corrected chi connectivity index (χ3v) is 2.59. The zero-order chi connectivity index (χ0) is 15.9. The number of rotatable bonds is 8. The molecule has 0 heterocycles. The van der Waals surface area contributed by atoms with Gasteiger partial charge in [0.15, 0.2) is 0 Å². The monoisotopic (exact) mass is 286 g/mol. The summed E-state index contributed by atoms with van der Waals surface area (Å²) < 4.78 is 9.84. The van der Waals surface area contributed by atoms with Crippen molar-refractivity contribution in [2.75, 3.05) is 13.7 Å². The highest BCUT2D eigenvalue weighted by Gasteiger charge is 2.33. The number of aliphatic carboxylic acids is 1. The van der Waals surface area contributed by atoms with Gasteiger partial charge in [-0.2, -0.15) is 0 Å². The minimum atomic E-state index is -1.39. The fraction of sp³-hybridized carbons (Fsp3) is 0.643. The molecular formula is C14H22O6. The fourth-order valence-electron chi connectivity index (χ4n) is 1.89. The standard InChI is InChI=1S/C14H22O6/c1-6-20-14(18)12(19-5)10(7-8(2)3)11(9(4)15)13(16)17/h8,11H,6-7H2,1-5H3,(H,16,17). The Morgan fingerprint density at radius 1 is 1.20 bits per heavy atom. The van der Waals surface area contributed by atoms with Crippen LogP contribution in [0.1, 0.15) is 34.1 Å². The smallest absolute Gasteiger partial charge is 0.373 e. The molecule has 6 heteroatoms. The van der Waals surface area contributed by atoms with Crippen molar-refractivity contribution < 1.29 is 29.0 Å². The van der Waals surface area contributed by atoms with Gasteiger partial charge >= 0.3 is 11.9 Å². The number of carboxylic acids is 1. The third-order valence-electron chi connectivity index (χ3n) is 2.59. The van der Waals surface area contributed by atoms with Crippen molar-refractivity contribution >= 4 is 17.7 Å². The second-order valence-corrected chi connectivity index (χ2v) is 4.76. The van der Waals surface area contributed by atoms with Crippen molar-refractivity contribution in [3.63, 3.8) is 0 Å². The first kappa shape index (κ1) is 18.1. The van der Waals surface area contributed by atoms with Crippen molar-refractivity contribution in [2.45, 2.75) is 34.1 Å². The van der Waals surface area contributed by atoms with Gasteiger partial charge in [0.1, 0.15) is 11.7 Å². The van der Waals surface area contributed by atoms with E-state index in [1.54, 1.807) is 6.92 Å². The van der Waals surface area contributed by atoms with E-state index in [9.17, 15) is 19.5 Å². The largest absolute Gasteiger partial charge is 0.490 e. The van der Waals surface area contributed by atoms with Crippen molar-refractivity contribution in [2.24, 2.45) is 11.8 Å². The molecule has 0 rings (SSSR count). The Balaban J connectivity index is 5.86. The molecule has 0 aliphatic rings. The molecule has 0 amide bonds. The number of ether oxygens (including phenoxy) is 2. The van der Waals surface area contributed by atoms with Gasteiger partial charge in [-0.15, -0.1) is 0 Å². The van der Waals surface area contributed by atoms with Crippen LogP contribution in [0.15, 0.2) is 11.3 Å². The van der Waals surface area contributed by atoms with Crippen LogP contribution in [0, 0.1) is 11.8 Å². The lowest BCUT2D eigenvalue weighted by molar-refractivity contribution is -0.144. The molecule has 1 unspecified atom stereocenters. The number of carbonyl (C=O) groups is 3. The molecule has 0 saturated carbocycles. The van der Waals surface area contributed by atoms with Gasteiger partial charge in [0, 0.05) is 5.57 Å². The van der Waals surface area contributed by atoms with Gasteiger partial charge in [0.2, 0.25) is 5.76 Å². The van der Waals surface area contributed by atoms with E-state index in [0.29, 0.717) is 0 Å². The number of esters is 1. The second kappa shape index (κ2) is 8.35. The minimum absolute atomic E-state index is 0.0609. The molecule has 0 aliphatic heterocycles. The average Bonchev–Trinajstić information content (AvgIpc) is 2.28. The van der Waals surface area contributed by atoms with E-state index < -0.39 is 23.6 Å². The molecule has 0 aromatic rings. The number of methoxy groups -OCH3 is 1. The van der Waals surface area contributed by atoms with Crippen molar-refractivity contribution in [3.8, 4) is 0 Å². The highest BCUT2D eigenvalue weighted by Crippen LogP contribution is 2.26. The molecule has 0 aliphatic carbocycles. The predicted molar refractivity (Wildman–Crippen MR) is 71.9 cm³/mol. The number of hydrogen-bond donors (Lipinski definition) is 1. The van der Waals surface area contributed by atoms with Gasteiger partial charge in [0.25, 0.3) is 0 Å². The molecule has 6 nitrogen and oxygen atoms in total. The first-order valence-electron chi connectivity index (χ1n) is 6.43. The molecular weight excluding hydrogens is 264 g/mol. The molecule has 0 aromatic carbocycles. The first-order valence-corrected chi connectivity index (χ1v) is 6.43. The molecule has 0 radical (unpaired) electrons. The van der Waals surface area contributed by atoms with E-state index in [-0.39, 0.29) is 30.3 Å². The molecule has 0 spiro atoms. The van der Waals surface area contributed by atoms with E-state index in [4.69, 9.17) is 9.47 Å². The van der Waals surface area contributed by atoms with Gasteiger partial charge in [-0.3, -0.25) is 9.59 Å². The number of Topliss-reactive ketones (excluding diaryl/α,β-unsaturated/α-hetero) is 1. The van der Waals surface area contributed by atoms with E-state index in [1.807, 2.05) is 13.8 Å². The normalized spacial score (nSPS) is 13.5. The lowest BCUT2D eigenvalue weighted by atomic mass is 9.87. The Bertz CT molecular complexity index is 394. The maximum atomic E-state index is 11.8. The summed E-state index contributed by atoms with van der Waals surface area (Å²) >= 11 is 0. The topological polar surface area (TPSA) is 89.9 Å². The van der Waals surface area contributed by atoms with Crippen LogP contribution in [-0.4, -0.2) is 36.5 Å². The van der Waals surface area contributed by atoms with E-state index in [0.717, 1.165) is 0 Å². The SMILES string of the molecule is CCOC(=O)C(OC)=C(CC(C)C)C(C(C)=O)C(=O)O. The summed E-state index contributed by atoms with van der Waals surface area (Å²) in [5.74, 6) is -4.12. The van der Waals surface area contributed by atoms with Crippen LogP contribution in [0.2, 0.25) is 0 Å². The van der Waals surface area contributed by atoms with Gasteiger partial charge in [-0.25, -0.2) is 4.79 Å². The fourth-order valence-corrected chi connectivity index (χ4v) is 1.89. The van der Waals surface area contributed by atoms with Crippen LogP contribution in [0.25, 0.3) is 0 Å². The summed E-state index contributed by atoms with van der Waals surface area (Å²) in [5.41, 5.74) is 0.154. The zero-order valence-electron chi connectivity index (χ0n) is 12.6. The zero-order valence-corrected chi connectivity index (χ0v) is 12.6. The summed E-state index contributed by atoms with van der Waals surface area (Å²) in [4.78, 5) is 34.7. The Morgan fingerprint density at radius 2 is 1.75 bits per heavy atom. The Kier molecular flexibility index (Phi) is 7.57. The highest BCUT2D eigenvalue weighted by molar-refractivity contribution is 6.02. The molecule has 1 N–H and O–H groups in total. The maximum Gasteiger partial charge on any atom is 0.373 e. The van der Waals surface area contributed by atoms with Crippen LogP contribution < -0.4 is 0 Å². The number of hydrogen-bond acceptors (Lipinski definition) is 5. The summed E-state index contributed by atoms with van der Waals surface area (Å²) in [6.45, 7) is 6.66. The van der Waals surface area contributed by atoms with Gasteiger partial charge in [-0.1, -0.05) is 13.8 Å². The number of carbonyl (C=O) groups excluding carboxylic acids is 2. The van der Waals surface area contributed by atoms with Crippen molar-refractivity contribution in [1.82, 2.24) is 0 Å². The van der Waals surface area contributed by atoms with Crippen LogP contribution >= 0.6 is 0 Å². The van der Waals surface area contributed by atoms with Gasteiger partial charge in [-0.05, 0) is 26.2 Å². The minimum Gasteiger partial charge on any atom is -0.490 e. The summed E-state index contributed by atoms with van der Waals surface area (Å²) in [6, 6.07) is 0. The lowest BCUT2D eigenvalue weighted by Gasteiger charge is -2.19. The highest BCUT2D eigenvalue weighted by atomic mass is 16.6. The second-order valence-electron chi connectivity index (χ2n) is 4.76. The lowest BCUT2D eigenvalue weighted by Crippen LogP contribution is -2.28. The molecule has 1 atom stereocenters. The average molecular weight is 286 g/mol. The number of carboxylic acid groups (broad SMARTS) is 1. The summed E-state index contributed by atoms with van der Waals surface area (Å²) in [5, 5.41) is 9.22. The Morgan fingerprint density at radius 3 is 2.05 bits per heavy atom. The summed E-state index contributed by atoms with van der Waals surface area (Å²) in [6.07, 6.45) is 0.262. The van der Waals surface area contributed by atoms with Crippen molar-refractivity contribution in [1.29, 1.82) is 0 Å².